The fraction of sp³-hybridized carbons (Fsp3) is 0.900. The molecule has 0 bridgehead atoms. The smallest absolute Gasteiger partial charge is 0.337 e. The third kappa shape index (κ3) is 7.34. The number of hydrogen-bond acceptors (Lipinski definition) is 4. The molecule has 0 aliphatic heterocycles. The molecule has 0 saturated carbocycles. The van der Waals surface area contributed by atoms with Gasteiger partial charge >= 0.3 is 7.60 Å². The highest BCUT2D eigenvalue weighted by Gasteiger charge is 2.25. The van der Waals surface area contributed by atoms with E-state index in [9.17, 15) is 4.57 Å². The van der Waals surface area contributed by atoms with Crippen molar-refractivity contribution in [3.63, 3.8) is 0 Å². The van der Waals surface area contributed by atoms with Crippen LogP contribution in [0.25, 0.3) is 0 Å². The molecule has 0 amide bonds. The van der Waals surface area contributed by atoms with E-state index in [1.807, 2.05) is 0 Å². The minimum atomic E-state index is -3.04. The lowest BCUT2D eigenvalue weighted by atomic mass is 10.2. The van der Waals surface area contributed by atoms with Gasteiger partial charge < -0.3 is 14.4 Å². The van der Waals surface area contributed by atoms with E-state index in [0.29, 0.717) is 24.1 Å². The molecule has 1 N–H and O–H groups in total. The molecule has 96 valence electrons. The zero-order valence-corrected chi connectivity index (χ0v) is 12.2. The van der Waals surface area contributed by atoms with Crippen LogP contribution in [0.15, 0.2) is 0 Å². The van der Waals surface area contributed by atoms with Gasteiger partial charge in [-0.2, -0.15) is 0 Å². The lowest BCUT2D eigenvalue weighted by Crippen LogP contribution is -2.28. The summed E-state index contributed by atoms with van der Waals surface area (Å²) in [4.78, 5) is 0.541. The average Bonchev–Trinajstić information content (AvgIpc) is 2.15. The summed E-state index contributed by atoms with van der Waals surface area (Å²) in [6.45, 7) is 9.25. The molecule has 6 heteroatoms. The van der Waals surface area contributed by atoms with Gasteiger partial charge in [-0.25, -0.2) is 0 Å². The van der Waals surface area contributed by atoms with Crippen LogP contribution >= 0.6 is 19.8 Å². The topological polar surface area (TPSA) is 47.6 Å². The van der Waals surface area contributed by atoms with Gasteiger partial charge in [0.05, 0.1) is 18.2 Å². The summed E-state index contributed by atoms with van der Waals surface area (Å²) in [6.07, 6.45) is 0.163. The van der Waals surface area contributed by atoms with Gasteiger partial charge in [0, 0.05) is 6.54 Å². The molecule has 0 spiro atoms. The molecule has 16 heavy (non-hydrogen) atoms. The Morgan fingerprint density at radius 2 is 1.81 bits per heavy atom. The number of nitrogens with one attached hydrogen (secondary N) is 1. The largest absolute Gasteiger partial charge is 0.379 e. The van der Waals surface area contributed by atoms with Crippen molar-refractivity contribution < 1.29 is 13.6 Å². The maximum Gasteiger partial charge on any atom is 0.337 e. The van der Waals surface area contributed by atoms with Crippen LogP contribution in [0.4, 0.5) is 0 Å². The molecule has 0 aliphatic carbocycles. The van der Waals surface area contributed by atoms with E-state index in [4.69, 9.17) is 21.3 Å². The predicted molar refractivity (Wildman–Crippen MR) is 71.2 cm³/mol. The minimum Gasteiger partial charge on any atom is -0.379 e. The van der Waals surface area contributed by atoms with Crippen LogP contribution in [0, 0.1) is 5.92 Å². The second-order valence-corrected chi connectivity index (χ2v) is 6.35. The van der Waals surface area contributed by atoms with Crippen molar-refractivity contribution >= 4 is 24.8 Å². The van der Waals surface area contributed by atoms with Crippen molar-refractivity contribution in [2.45, 2.75) is 27.7 Å². The molecule has 0 atom stereocenters. The Labute approximate surface area is 104 Å². The maximum atomic E-state index is 12.1. The summed E-state index contributed by atoms with van der Waals surface area (Å²) in [7, 11) is -3.04. The van der Waals surface area contributed by atoms with Crippen molar-refractivity contribution in [2.75, 3.05) is 25.9 Å². The molecule has 4 nitrogen and oxygen atoms in total. The lowest BCUT2D eigenvalue weighted by Gasteiger charge is -2.18. The minimum absolute atomic E-state index is 0.163. The summed E-state index contributed by atoms with van der Waals surface area (Å²) < 4.78 is 22.4. The highest BCUT2D eigenvalue weighted by Crippen LogP contribution is 2.47. The van der Waals surface area contributed by atoms with Crippen LogP contribution in [0.2, 0.25) is 0 Å². The Morgan fingerprint density at radius 3 is 2.19 bits per heavy atom. The van der Waals surface area contributed by atoms with Crippen LogP contribution in [0.3, 0.4) is 0 Å². The number of thiocarbonyl (C=S) groups is 1. The van der Waals surface area contributed by atoms with E-state index in [-0.39, 0.29) is 6.16 Å². The van der Waals surface area contributed by atoms with Gasteiger partial charge in [0.2, 0.25) is 0 Å². The Morgan fingerprint density at radius 1 is 1.31 bits per heavy atom. The lowest BCUT2D eigenvalue weighted by molar-refractivity contribution is 0.223. The van der Waals surface area contributed by atoms with Gasteiger partial charge in [-0.05, 0) is 19.8 Å². The molecular weight excluding hydrogens is 245 g/mol. The van der Waals surface area contributed by atoms with E-state index in [2.05, 4.69) is 19.2 Å². The van der Waals surface area contributed by atoms with Crippen molar-refractivity contribution in [1.82, 2.24) is 5.32 Å². The van der Waals surface area contributed by atoms with Crippen LogP contribution < -0.4 is 5.32 Å². The maximum absolute atomic E-state index is 12.1. The first-order valence-corrected chi connectivity index (χ1v) is 7.72. The number of hydrogen-bond donors (Lipinski definition) is 1. The monoisotopic (exact) mass is 267 g/mol. The molecule has 0 fully saturated rings. The molecule has 0 aromatic heterocycles. The van der Waals surface area contributed by atoms with E-state index in [0.717, 1.165) is 6.54 Å². The molecule has 0 unspecified atom stereocenters. The molecule has 0 aliphatic rings. The molecule has 0 aromatic rings. The van der Waals surface area contributed by atoms with Gasteiger partial charge in [-0.15, -0.1) is 0 Å². The van der Waals surface area contributed by atoms with Crippen LogP contribution in [0.1, 0.15) is 27.7 Å². The normalized spacial score (nSPS) is 11.8. The average molecular weight is 267 g/mol. The first-order valence-electron chi connectivity index (χ1n) is 5.58. The Kier molecular flexibility index (Phi) is 8.20. The van der Waals surface area contributed by atoms with Gasteiger partial charge in [-0.3, -0.25) is 4.57 Å². The van der Waals surface area contributed by atoms with E-state index >= 15 is 0 Å². The zero-order chi connectivity index (χ0) is 12.6. The van der Waals surface area contributed by atoms with E-state index in [1.165, 1.54) is 0 Å². The zero-order valence-electron chi connectivity index (χ0n) is 10.5. The first kappa shape index (κ1) is 16.0. The third-order valence-electron chi connectivity index (χ3n) is 1.70. The van der Waals surface area contributed by atoms with Gasteiger partial charge in [-0.1, -0.05) is 26.1 Å². The van der Waals surface area contributed by atoms with Crippen LogP contribution in [-0.2, 0) is 13.6 Å². The van der Waals surface area contributed by atoms with Gasteiger partial charge in [0.25, 0.3) is 0 Å². The molecule has 0 heterocycles. The second kappa shape index (κ2) is 8.18. The molecule has 0 aromatic carbocycles. The predicted octanol–water partition coefficient (Wildman–Crippen LogP) is 2.83. The summed E-state index contributed by atoms with van der Waals surface area (Å²) in [5.74, 6) is 0.497. The second-order valence-electron chi connectivity index (χ2n) is 3.80. The highest BCUT2D eigenvalue weighted by atomic mass is 32.1. The number of rotatable bonds is 8. The summed E-state index contributed by atoms with van der Waals surface area (Å²) in [5.41, 5.74) is 0. The summed E-state index contributed by atoms with van der Waals surface area (Å²) >= 11 is 5.11. The standard InChI is InChI=1S/C10H22NO3PS/c1-5-13-15(12,14-6-2)8-10(16)11-7-9(3)4/h9H,5-8H2,1-4H3,(H,11,16). The fourth-order valence-electron chi connectivity index (χ4n) is 1.07. The van der Waals surface area contributed by atoms with Gasteiger partial charge in [0.15, 0.2) is 0 Å². The van der Waals surface area contributed by atoms with Crippen molar-refractivity contribution in [3.05, 3.63) is 0 Å². The van der Waals surface area contributed by atoms with Crippen molar-refractivity contribution in [2.24, 2.45) is 5.92 Å². The first-order chi connectivity index (χ1) is 7.43. The molecule has 0 saturated heterocycles. The van der Waals surface area contributed by atoms with Crippen LogP contribution in [-0.4, -0.2) is 30.9 Å². The van der Waals surface area contributed by atoms with E-state index < -0.39 is 7.60 Å². The van der Waals surface area contributed by atoms with Crippen molar-refractivity contribution in [3.8, 4) is 0 Å². The van der Waals surface area contributed by atoms with Gasteiger partial charge in [0.1, 0.15) is 6.16 Å². The Bertz CT molecular complexity index is 248. The third-order valence-corrected chi connectivity index (χ3v) is 4.21. The molecule has 0 radical (unpaired) electrons. The molecule has 0 rings (SSSR count). The SMILES string of the molecule is CCOP(=O)(CC(=S)NCC(C)C)OCC. The fourth-order valence-corrected chi connectivity index (χ4v) is 3.14. The Hall–Kier alpha value is 0.0400. The molecular formula is C10H22NO3PS. The van der Waals surface area contributed by atoms with E-state index in [1.54, 1.807) is 13.8 Å². The summed E-state index contributed by atoms with van der Waals surface area (Å²) in [5, 5.41) is 3.05. The van der Waals surface area contributed by atoms with Crippen LogP contribution in [0.5, 0.6) is 0 Å². The summed E-state index contributed by atoms with van der Waals surface area (Å²) in [6, 6.07) is 0. The Balaban J connectivity index is 4.18. The quantitative estimate of drug-likeness (QED) is 0.541. The highest BCUT2D eigenvalue weighted by molar-refractivity contribution is 7.81. The van der Waals surface area contributed by atoms with Crippen molar-refractivity contribution in [1.29, 1.82) is 0 Å².